The van der Waals surface area contributed by atoms with Gasteiger partial charge in [0.15, 0.2) is 12.0 Å². The molecule has 0 fully saturated rings. The third-order valence-electron chi connectivity index (χ3n) is 4.50. The van der Waals surface area contributed by atoms with Crippen LogP contribution in [-0.2, 0) is 13.0 Å². The zero-order valence-corrected chi connectivity index (χ0v) is 15.4. The molecule has 1 aromatic heterocycles. The fourth-order valence-electron chi connectivity index (χ4n) is 3.19. The van der Waals surface area contributed by atoms with Crippen LogP contribution in [0, 0.1) is 5.82 Å². The number of phenols is 1. The van der Waals surface area contributed by atoms with Crippen LogP contribution in [0.3, 0.4) is 0 Å². The maximum Gasteiger partial charge on any atom is 0.154 e. The number of nitrogens with zero attached hydrogens (tertiary/aromatic N) is 1. The Balaban J connectivity index is 2.09. The summed E-state index contributed by atoms with van der Waals surface area (Å²) in [6, 6.07) is 8.05. The van der Waals surface area contributed by atoms with E-state index in [1.165, 1.54) is 19.2 Å². The molecular weight excluding hydrogens is 363 g/mol. The minimum atomic E-state index is -0.298. The standard InChI is InChI=1S/C21H21FN2O4/c1-28-21-16-9-14(8-13-2-4-15(22)5-3-13)10-24-19(16)20(27)18(12-26)17(21)11-23-6-7-25/h2-5,9-10,12,23,25,27H,6-8,11H2,1H3. The van der Waals surface area contributed by atoms with Crippen molar-refractivity contribution in [3.63, 3.8) is 0 Å². The van der Waals surface area contributed by atoms with Crippen LogP contribution in [0.15, 0.2) is 36.5 Å². The Kier molecular flexibility index (Phi) is 6.18. The quantitative estimate of drug-likeness (QED) is 0.408. The van der Waals surface area contributed by atoms with E-state index in [0.717, 1.165) is 11.1 Å². The van der Waals surface area contributed by atoms with Gasteiger partial charge in [-0.2, -0.15) is 0 Å². The number of ether oxygens (including phenoxy) is 1. The first-order valence-corrected chi connectivity index (χ1v) is 8.80. The summed E-state index contributed by atoms with van der Waals surface area (Å²) in [5.41, 5.74) is 2.64. The van der Waals surface area contributed by atoms with Crippen LogP contribution in [0.25, 0.3) is 10.9 Å². The van der Waals surface area contributed by atoms with Crippen molar-refractivity contribution in [1.82, 2.24) is 10.3 Å². The van der Waals surface area contributed by atoms with Gasteiger partial charge >= 0.3 is 0 Å². The molecule has 3 rings (SSSR count). The molecule has 6 nitrogen and oxygen atoms in total. The number of aromatic nitrogens is 1. The SMILES string of the molecule is COc1c(CNCCO)c(C=O)c(O)c2ncc(Cc3ccc(F)cc3)cc12. The number of fused-ring (bicyclic) bond motifs is 1. The van der Waals surface area contributed by atoms with Crippen LogP contribution in [0.4, 0.5) is 4.39 Å². The second-order valence-corrected chi connectivity index (χ2v) is 6.34. The predicted octanol–water partition coefficient (Wildman–Crippen LogP) is 2.57. The van der Waals surface area contributed by atoms with Crippen LogP contribution < -0.4 is 10.1 Å². The number of carbonyl (C=O) groups is 1. The van der Waals surface area contributed by atoms with Crippen molar-refractivity contribution in [1.29, 1.82) is 0 Å². The van der Waals surface area contributed by atoms with Gasteiger partial charge in [-0.1, -0.05) is 12.1 Å². The molecule has 1 heterocycles. The monoisotopic (exact) mass is 384 g/mol. The predicted molar refractivity (Wildman–Crippen MR) is 103 cm³/mol. The summed E-state index contributed by atoms with van der Waals surface area (Å²) in [6.45, 7) is 0.522. The summed E-state index contributed by atoms with van der Waals surface area (Å²) in [5.74, 6) is -0.0675. The van der Waals surface area contributed by atoms with Crippen LogP contribution in [0.1, 0.15) is 27.0 Å². The summed E-state index contributed by atoms with van der Waals surface area (Å²) in [4.78, 5) is 15.9. The third kappa shape index (κ3) is 3.95. The highest BCUT2D eigenvalue weighted by atomic mass is 19.1. The van der Waals surface area contributed by atoms with Crippen molar-refractivity contribution >= 4 is 17.2 Å². The summed E-state index contributed by atoms with van der Waals surface area (Å²) in [7, 11) is 1.49. The minimum absolute atomic E-state index is 0.0539. The Morgan fingerprint density at radius 2 is 2.00 bits per heavy atom. The number of benzene rings is 2. The van der Waals surface area contributed by atoms with Crippen LogP contribution in [0.5, 0.6) is 11.5 Å². The van der Waals surface area contributed by atoms with E-state index < -0.39 is 0 Å². The van der Waals surface area contributed by atoms with Crippen molar-refractivity contribution in [2.24, 2.45) is 0 Å². The second kappa shape index (κ2) is 8.77. The van der Waals surface area contributed by atoms with E-state index in [1.807, 2.05) is 6.07 Å². The topological polar surface area (TPSA) is 91.7 Å². The molecule has 0 radical (unpaired) electrons. The fourth-order valence-corrected chi connectivity index (χ4v) is 3.19. The number of halogens is 1. The number of nitrogens with one attached hydrogen (secondary N) is 1. The molecule has 0 aliphatic rings. The maximum absolute atomic E-state index is 13.1. The van der Waals surface area contributed by atoms with Crippen LogP contribution >= 0.6 is 0 Å². The number of carbonyl (C=O) groups excluding carboxylic acids is 1. The molecule has 0 unspecified atom stereocenters. The lowest BCUT2D eigenvalue weighted by Gasteiger charge is -2.17. The molecule has 2 aromatic carbocycles. The molecule has 0 saturated carbocycles. The highest BCUT2D eigenvalue weighted by molar-refractivity contribution is 5.99. The Morgan fingerprint density at radius 1 is 1.25 bits per heavy atom. The lowest BCUT2D eigenvalue weighted by atomic mass is 9.98. The molecule has 0 aliphatic heterocycles. The molecule has 0 atom stereocenters. The highest BCUT2D eigenvalue weighted by Gasteiger charge is 2.20. The zero-order chi connectivity index (χ0) is 20.1. The van der Waals surface area contributed by atoms with E-state index >= 15 is 0 Å². The van der Waals surface area contributed by atoms with Crippen molar-refractivity contribution in [2.45, 2.75) is 13.0 Å². The van der Waals surface area contributed by atoms with Crippen molar-refractivity contribution in [2.75, 3.05) is 20.3 Å². The molecule has 0 aliphatic carbocycles. The number of aliphatic hydroxyl groups excluding tert-OH is 1. The van der Waals surface area contributed by atoms with Gasteiger partial charge in [0.2, 0.25) is 0 Å². The first kappa shape index (κ1) is 19.7. The van der Waals surface area contributed by atoms with Gasteiger partial charge in [0.25, 0.3) is 0 Å². The van der Waals surface area contributed by atoms with Gasteiger partial charge in [-0.05, 0) is 35.7 Å². The Labute approximate surface area is 161 Å². The number of aromatic hydroxyl groups is 1. The Bertz CT molecular complexity index is 990. The van der Waals surface area contributed by atoms with Crippen molar-refractivity contribution in [3.05, 3.63) is 64.6 Å². The zero-order valence-electron chi connectivity index (χ0n) is 15.4. The lowest BCUT2D eigenvalue weighted by molar-refractivity contribution is 0.111. The van der Waals surface area contributed by atoms with E-state index in [0.29, 0.717) is 36.0 Å². The normalized spacial score (nSPS) is 11.0. The number of hydrogen-bond donors (Lipinski definition) is 3. The molecule has 0 spiro atoms. The number of aliphatic hydroxyl groups is 1. The summed E-state index contributed by atoms with van der Waals surface area (Å²) < 4.78 is 18.7. The largest absolute Gasteiger partial charge is 0.505 e. The molecule has 0 amide bonds. The molecule has 28 heavy (non-hydrogen) atoms. The number of pyridine rings is 1. The van der Waals surface area contributed by atoms with Gasteiger partial charge in [0.1, 0.15) is 17.1 Å². The van der Waals surface area contributed by atoms with Crippen molar-refractivity contribution < 1.29 is 24.1 Å². The van der Waals surface area contributed by atoms with Gasteiger partial charge in [0, 0.05) is 30.2 Å². The number of rotatable bonds is 8. The average molecular weight is 384 g/mol. The molecule has 7 heteroatoms. The molecule has 0 bridgehead atoms. The Hall–Kier alpha value is -3.03. The first-order chi connectivity index (χ1) is 13.6. The Morgan fingerprint density at radius 3 is 2.64 bits per heavy atom. The molecule has 3 N–H and O–H groups in total. The van der Waals surface area contributed by atoms with Gasteiger partial charge in [0.05, 0.1) is 19.3 Å². The molecule has 3 aromatic rings. The summed E-state index contributed by atoms with van der Waals surface area (Å²) in [5, 5.41) is 23.1. The highest BCUT2D eigenvalue weighted by Crippen LogP contribution is 2.39. The minimum Gasteiger partial charge on any atom is -0.505 e. The smallest absolute Gasteiger partial charge is 0.154 e. The number of phenolic OH excluding ortho intramolecular Hbond substituents is 1. The second-order valence-electron chi connectivity index (χ2n) is 6.34. The van der Waals surface area contributed by atoms with Gasteiger partial charge in [-0.15, -0.1) is 0 Å². The van der Waals surface area contributed by atoms with Crippen LogP contribution in [0.2, 0.25) is 0 Å². The van der Waals surface area contributed by atoms with E-state index in [4.69, 9.17) is 9.84 Å². The van der Waals surface area contributed by atoms with Gasteiger partial charge < -0.3 is 20.3 Å². The van der Waals surface area contributed by atoms with Gasteiger partial charge in [-0.3, -0.25) is 9.78 Å². The molecule has 0 saturated heterocycles. The van der Waals surface area contributed by atoms with Gasteiger partial charge in [-0.25, -0.2) is 4.39 Å². The maximum atomic E-state index is 13.1. The lowest BCUT2D eigenvalue weighted by Crippen LogP contribution is -2.19. The summed E-state index contributed by atoms with van der Waals surface area (Å²) in [6.07, 6.45) is 2.71. The fraction of sp³-hybridized carbons (Fsp3) is 0.238. The number of hydrogen-bond acceptors (Lipinski definition) is 6. The molecular formula is C21H21FN2O4. The first-order valence-electron chi connectivity index (χ1n) is 8.80. The average Bonchev–Trinajstić information content (AvgIpc) is 2.70. The summed E-state index contributed by atoms with van der Waals surface area (Å²) >= 11 is 0. The van der Waals surface area contributed by atoms with E-state index in [1.54, 1.807) is 18.3 Å². The van der Waals surface area contributed by atoms with E-state index in [2.05, 4.69) is 10.3 Å². The van der Waals surface area contributed by atoms with E-state index in [9.17, 15) is 14.3 Å². The van der Waals surface area contributed by atoms with Crippen LogP contribution in [-0.4, -0.2) is 41.7 Å². The third-order valence-corrected chi connectivity index (χ3v) is 4.50. The van der Waals surface area contributed by atoms with Crippen molar-refractivity contribution in [3.8, 4) is 11.5 Å². The molecule has 146 valence electrons. The number of aldehydes is 1. The number of methoxy groups -OCH3 is 1. The van der Waals surface area contributed by atoms with E-state index in [-0.39, 0.29) is 35.8 Å².